The first-order valence-corrected chi connectivity index (χ1v) is 6.94. The third kappa shape index (κ3) is 2.03. The summed E-state index contributed by atoms with van der Waals surface area (Å²) in [6.45, 7) is 2.03. The van der Waals surface area contributed by atoms with Crippen molar-refractivity contribution in [1.29, 1.82) is 0 Å². The van der Waals surface area contributed by atoms with Gasteiger partial charge in [0.2, 0.25) is 0 Å². The van der Waals surface area contributed by atoms with Gasteiger partial charge in [0, 0.05) is 5.39 Å². The molecule has 0 radical (unpaired) electrons. The average molecular weight is 273 g/mol. The zero-order valence-corrected chi connectivity index (χ0v) is 11.7. The first-order valence-electron chi connectivity index (χ1n) is 6.06. The molecule has 0 spiro atoms. The minimum absolute atomic E-state index is 0.290. The Kier molecular flexibility index (Phi) is 3.05. The van der Waals surface area contributed by atoms with Crippen LogP contribution in [0.25, 0.3) is 11.0 Å². The number of para-hydroxylation sites is 1. The van der Waals surface area contributed by atoms with Crippen LogP contribution < -0.4 is 10.5 Å². The Hall–Kier alpha value is -1.78. The quantitative estimate of drug-likeness (QED) is 0.788. The number of benzene rings is 1. The van der Waals surface area contributed by atoms with E-state index in [-0.39, 0.29) is 6.04 Å². The molecule has 1 atom stereocenters. The number of thiophene rings is 1. The summed E-state index contributed by atoms with van der Waals surface area (Å²) in [4.78, 5) is 0.985. The summed E-state index contributed by atoms with van der Waals surface area (Å²) in [6, 6.07) is 9.73. The molecule has 1 unspecified atom stereocenters. The highest BCUT2D eigenvalue weighted by atomic mass is 32.1. The lowest BCUT2D eigenvalue weighted by Crippen LogP contribution is -2.10. The molecule has 2 aromatic heterocycles. The van der Waals surface area contributed by atoms with E-state index in [1.54, 1.807) is 18.4 Å². The molecule has 3 aromatic rings. The Morgan fingerprint density at radius 1 is 1.32 bits per heavy atom. The van der Waals surface area contributed by atoms with E-state index in [4.69, 9.17) is 14.9 Å². The van der Waals surface area contributed by atoms with Crippen LogP contribution in [-0.2, 0) is 0 Å². The van der Waals surface area contributed by atoms with Crippen molar-refractivity contribution in [2.45, 2.75) is 13.0 Å². The molecule has 0 aliphatic heterocycles. The molecule has 0 saturated heterocycles. The molecule has 4 heteroatoms. The normalized spacial score (nSPS) is 12.8. The highest BCUT2D eigenvalue weighted by Gasteiger charge is 2.19. The predicted octanol–water partition coefficient (Wildman–Crippen LogP) is 3.86. The van der Waals surface area contributed by atoms with Gasteiger partial charge in [-0.25, -0.2) is 0 Å². The molecule has 2 heterocycles. The van der Waals surface area contributed by atoms with Crippen LogP contribution in [-0.4, -0.2) is 7.11 Å². The van der Waals surface area contributed by atoms with Gasteiger partial charge in [0.15, 0.2) is 0 Å². The zero-order valence-electron chi connectivity index (χ0n) is 10.8. The van der Waals surface area contributed by atoms with E-state index in [2.05, 4.69) is 0 Å². The van der Waals surface area contributed by atoms with Gasteiger partial charge in [-0.3, -0.25) is 0 Å². The van der Waals surface area contributed by atoms with Crippen LogP contribution in [0.5, 0.6) is 5.75 Å². The molecule has 0 amide bonds. The van der Waals surface area contributed by atoms with E-state index >= 15 is 0 Å². The maximum absolute atomic E-state index is 6.29. The van der Waals surface area contributed by atoms with Gasteiger partial charge in [-0.05, 0) is 30.0 Å². The van der Waals surface area contributed by atoms with Crippen molar-refractivity contribution in [1.82, 2.24) is 0 Å². The van der Waals surface area contributed by atoms with Crippen LogP contribution in [0.15, 0.2) is 40.1 Å². The van der Waals surface area contributed by atoms with Gasteiger partial charge >= 0.3 is 0 Å². The topological polar surface area (TPSA) is 48.4 Å². The Bertz CT molecular complexity index is 714. The monoisotopic (exact) mass is 273 g/mol. The third-order valence-corrected chi connectivity index (χ3v) is 4.21. The standard InChI is InChI=1S/C15H15NO2S/c1-9-4-3-5-10-8-12(18-14(9)10)13(16)15-11(17-2)6-7-19-15/h3-8,13H,16H2,1-2H3. The average Bonchev–Trinajstić information content (AvgIpc) is 3.04. The van der Waals surface area contributed by atoms with Crippen molar-refractivity contribution in [2.75, 3.05) is 7.11 Å². The van der Waals surface area contributed by atoms with E-state index in [1.165, 1.54) is 0 Å². The largest absolute Gasteiger partial charge is 0.496 e. The third-order valence-electron chi connectivity index (χ3n) is 3.23. The number of ether oxygens (including phenoxy) is 1. The van der Waals surface area contributed by atoms with Crippen LogP contribution in [0.4, 0.5) is 0 Å². The SMILES string of the molecule is COc1ccsc1C(N)c1cc2cccc(C)c2o1. The van der Waals surface area contributed by atoms with Crippen molar-refractivity contribution in [3.63, 3.8) is 0 Å². The molecule has 19 heavy (non-hydrogen) atoms. The molecular formula is C15H15NO2S. The summed E-state index contributed by atoms with van der Waals surface area (Å²) >= 11 is 1.58. The molecule has 0 aliphatic rings. The maximum Gasteiger partial charge on any atom is 0.137 e. The Labute approximate surface area is 115 Å². The highest BCUT2D eigenvalue weighted by molar-refractivity contribution is 7.10. The lowest BCUT2D eigenvalue weighted by atomic mass is 10.1. The molecule has 0 aliphatic carbocycles. The molecule has 0 saturated carbocycles. The van der Waals surface area contributed by atoms with Crippen LogP contribution in [0.2, 0.25) is 0 Å². The summed E-state index contributed by atoms with van der Waals surface area (Å²) in [5, 5.41) is 3.06. The molecule has 0 fully saturated rings. The first-order chi connectivity index (χ1) is 9.20. The second kappa shape index (κ2) is 4.72. The van der Waals surface area contributed by atoms with Gasteiger partial charge in [0.05, 0.1) is 12.0 Å². The van der Waals surface area contributed by atoms with Crippen molar-refractivity contribution in [3.05, 3.63) is 51.9 Å². The van der Waals surface area contributed by atoms with Crippen LogP contribution >= 0.6 is 11.3 Å². The second-order valence-electron chi connectivity index (χ2n) is 4.47. The van der Waals surface area contributed by atoms with E-state index in [0.29, 0.717) is 0 Å². The Balaban J connectivity index is 2.07. The number of hydrogen-bond acceptors (Lipinski definition) is 4. The van der Waals surface area contributed by atoms with Crippen molar-refractivity contribution >= 4 is 22.3 Å². The molecular weight excluding hydrogens is 258 g/mol. The number of aryl methyl sites for hydroxylation is 1. The van der Waals surface area contributed by atoms with Crippen LogP contribution in [0.3, 0.4) is 0 Å². The fourth-order valence-electron chi connectivity index (χ4n) is 2.22. The minimum Gasteiger partial charge on any atom is -0.496 e. The molecule has 3 rings (SSSR count). The number of rotatable bonds is 3. The summed E-state index contributed by atoms with van der Waals surface area (Å²) in [7, 11) is 1.65. The first kappa shape index (κ1) is 12.3. The minimum atomic E-state index is -0.290. The predicted molar refractivity (Wildman–Crippen MR) is 77.9 cm³/mol. The van der Waals surface area contributed by atoms with E-state index in [1.807, 2.05) is 42.6 Å². The smallest absolute Gasteiger partial charge is 0.137 e. The second-order valence-corrected chi connectivity index (χ2v) is 5.42. The maximum atomic E-state index is 6.29. The lowest BCUT2D eigenvalue weighted by Gasteiger charge is -2.08. The number of fused-ring (bicyclic) bond motifs is 1. The fraction of sp³-hybridized carbons (Fsp3) is 0.200. The number of nitrogens with two attached hydrogens (primary N) is 1. The highest BCUT2D eigenvalue weighted by Crippen LogP contribution is 2.35. The lowest BCUT2D eigenvalue weighted by molar-refractivity contribution is 0.407. The molecule has 1 aromatic carbocycles. The summed E-state index contributed by atoms with van der Waals surface area (Å²) in [5.41, 5.74) is 8.31. The fourth-order valence-corrected chi connectivity index (χ4v) is 3.08. The number of methoxy groups -OCH3 is 1. The van der Waals surface area contributed by atoms with Crippen molar-refractivity contribution in [3.8, 4) is 5.75 Å². The van der Waals surface area contributed by atoms with Gasteiger partial charge in [0.25, 0.3) is 0 Å². The van der Waals surface area contributed by atoms with E-state index in [9.17, 15) is 0 Å². The van der Waals surface area contributed by atoms with Gasteiger partial charge in [-0.1, -0.05) is 18.2 Å². The molecule has 98 valence electrons. The van der Waals surface area contributed by atoms with Gasteiger partial charge in [-0.2, -0.15) is 0 Å². The summed E-state index contributed by atoms with van der Waals surface area (Å²) < 4.78 is 11.2. The van der Waals surface area contributed by atoms with Gasteiger partial charge < -0.3 is 14.9 Å². The van der Waals surface area contributed by atoms with Gasteiger partial charge in [-0.15, -0.1) is 11.3 Å². The van der Waals surface area contributed by atoms with Crippen molar-refractivity contribution in [2.24, 2.45) is 5.73 Å². The van der Waals surface area contributed by atoms with Crippen LogP contribution in [0.1, 0.15) is 22.2 Å². The molecule has 0 bridgehead atoms. The Morgan fingerprint density at radius 3 is 2.89 bits per heavy atom. The zero-order chi connectivity index (χ0) is 13.4. The summed E-state index contributed by atoms with van der Waals surface area (Å²) in [5.74, 6) is 1.58. The van der Waals surface area contributed by atoms with Gasteiger partial charge in [0.1, 0.15) is 23.1 Å². The molecule has 3 nitrogen and oxygen atoms in total. The number of hydrogen-bond donors (Lipinski definition) is 1. The summed E-state index contributed by atoms with van der Waals surface area (Å²) in [6.07, 6.45) is 0. The molecule has 2 N–H and O–H groups in total. The Morgan fingerprint density at radius 2 is 2.16 bits per heavy atom. The van der Waals surface area contributed by atoms with E-state index < -0.39 is 0 Å². The van der Waals surface area contributed by atoms with Crippen molar-refractivity contribution < 1.29 is 9.15 Å². The number of furan rings is 1. The van der Waals surface area contributed by atoms with Crippen LogP contribution in [0, 0.1) is 6.92 Å². The van der Waals surface area contributed by atoms with E-state index in [0.717, 1.165) is 32.9 Å².